The number of hydrogen-bond acceptors (Lipinski definition) is 7. The average Bonchev–Trinajstić information content (AvgIpc) is 2.99. The lowest BCUT2D eigenvalue weighted by Gasteiger charge is -2.28. The molecule has 1 N–H and O–H groups in total. The van der Waals surface area contributed by atoms with Crippen LogP contribution in [0.2, 0.25) is 0 Å². The van der Waals surface area contributed by atoms with Crippen molar-refractivity contribution in [2.45, 2.75) is 26.0 Å². The van der Waals surface area contributed by atoms with Gasteiger partial charge >= 0.3 is 0 Å². The van der Waals surface area contributed by atoms with Gasteiger partial charge in [-0.1, -0.05) is 6.07 Å². The van der Waals surface area contributed by atoms with Crippen molar-refractivity contribution in [2.75, 3.05) is 31.1 Å². The van der Waals surface area contributed by atoms with Gasteiger partial charge in [-0.05, 0) is 31.0 Å². The molecule has 0 bridgehead atoms. The van der Waals surface area contributed by atoms with Gasteiger partial charge in [-0.3, -0.25) is 14.9 Å². The summed E-state index contributed by atoms with van der Waals surface area (Å²) >= 11 is 0. The third kappa shape index (κ3) is 3.89. The van der Waals surface area contributed by atoms with Crippen LogP contribution in [0.4, 0.5) is 5.95 Å². The average molecular weight is 364 g/mol. The Labute approximate surface area is 158 Å². The maximum atomic E-state index is 9.15. The topological polar surface area (TPSA) is 78.3 Å². The highest BCUT2D eigenvalue weighted by Crippen LogP contribution is 2.24. The summed E-state index contributed by atoms with van der Waals surface area (Å²) in [5, 5.41) is 9.15. The highest BCUT2D eigenvalue weighted by molar-refractivity contribution is 5.74. The summed E-state index contributed by atoms with van der Waals surface area (Å²) in [6.45, 7) is 6.03. The van der Waals surface area contributed by atoms with E-state index in [1.807, 2.05) is 0 Å². The Balaban J connectivity index is 1.46. The number of nitrogens with zero attached hydrogens (tertiary/aromatic N) is 6. The molecule has 0 spiro atoms. The van der Waals surface area contributed by atoms with E-state index in [9.17, 15) is 0 Å². The Morgan fingerprint density at radius 1 is 0.963 bits per heavy atom. The first-order valence-electron chi connectivity index (χ1n) is 9.36. The van der Waals surface area contributed by atoms with Crippen LogP contribution in [0.5, 0.6) is 0 Å². The van der Waals surface area contributed by atoms with E-state index in [4.69, 9.17) is 5.11 Å². The molecule has 1 fully saturated rings. The highest BCUT2D eigenvalue weighted by Gasteiger charge is 2.21. The minimum atomic E-state index is -0.0261. The lowest BCUT2D eigenvalue weighted by molar-refractivity contribution is 0.226. The first-order chi connectivity index (χ1) is 13.2. The Kier molecular flexibility index (Phi) is 5.22. The van der Waals surface area contributed by atoms with Crippen LogP contribution < -0.4 is 4.90 Å². The molecule has 3 aromatic rings. The van der Waals surface area contributed by atoms with E-state index in [0.29, 0.717) is 6.04 Å². The van der Waals surface area contributed by atoms with E-state index < -0.39 is 0 Å². The monoisotopic (exact) mass is 364 g/mol. The number of aliphatic hydroxyl groups excluding tert-OH is 1. The van der Waals surface area contributed by atoms with Gasteiger partial charge in [0.25, 0.3) is 0 Å². The number of hydrogen-bond donors (Lipinski definition) is 1. The Morgan fingerprint density at radius 2 is 1.74 bits per heavy atom. The van der Waals surface area contributed by atoms with Gasteiger partial charge in [-0.2, -0.15) is 0 Å². The molecule has 1 unspecified atom stereocenters. The lowest BCUT2D eigenvalue weighted by Crippen LogP contribution is -2.33. The fraction of sp³-hybridized carbons (Fsp3) is 0.400. The zero-order chi connectivity index (χ0) is 18.6. The first-order valence-corrected chi connectivity index (χ1v) is 9.36. The number of aliphatic hydroxyl groups is 1. The van der Waals surface area contributed by atoms with Crippen molar-refractivity contribution in [1.82, 2.24) is 24.8 Å². The quantitative estimate of drug-likeness (QED) is 0.760. The van der Waals surface area contributed by atoms with Crippen LogP contribution in [-0.4, -0.2) is 56.1 Å². The molecule has 1 aromatic carbocycles. The molecule has 1 aliphatic heterocycles. The van der Waals surface area contributed by atoms with E-state index in [-0.39, 0.29) is 6.61 Å². The molecule has 140 valence electrons. The second kappa shape index (κ2) is 7.94. The van der Waals surface area contributed by atoms with Gasteiger partial charge in [0.2, 0.25) is 5.95 Å². The normalized spacial score (nSPS) is 17.0. The summed E-state index contributed by atoms with van der Waals surface area (Å²) in [5.41, 5.74) is 3.87. The molecular weight excluding hydrogens is 340 g/mol. The molecule has 7 heteroatoms. The van der Waals surface area contributed by atoms with Crippen molar-refractivity contribution in [3.05, 3.63) is 54.1 Å². The van der Waals surface area contributed by atoms with E-state index in [2.05, 4.69) is 54.9 Å². The molecule has 27 heavy (non-hydrogen) atoms. The highest BCUT2D eigenvalue weighted by atomic mass is 16.3. The summed E-state index contributed by atoms with van der Waals surface area (Å²) in [4.78, 5) is 22.3. The predicted molar refractivity (Wildman–Crippen MR) is 104 cm³/mol. The van der Waals surface area contributed by atoms with Crippen LogP contribution in [0.3, 0.4) is 0 Å². The summed E-state index contributed by atoms with van der Waals surface area (Å²) in [5.74, 6) is 0.739. The molecule has 4 rings (SSSR count). The maximum absolute atomic E-state index is 9.15. The van der Waals surface area contributed by atoms with Gasteiger partial charge in [0.05, 0.1) is 17.6 Å². The summed E-state index contributed by atoms with van der Waals surface area (Å²) in [6.07, 6.45) is 7.92. The van der Waals surface area contributed by atoms with Crippen LogP contribution in [-0.2, 0) is 6.61 Å². The molecular formula is C20H24N6O. The van der Waals surface area contributed by atoms with Crippen LogP contribution in [0.15, 0.2) is 43.0 Å². The Morgan fingerprint density at radius 3 is 2.52 bits per heavy atom. The fourth-order valence-corrected chi connectivity index (χ4v) is 3.57. The molecule has 0 aliphatic carbocycles. The SMILES string of the molecule is CC(c1ccc2nccnc2c1)N1CCCN(c2ncc(CO)cn2)CC1. The Hall–Kier alpha value is -2.64. The van der Waals surface area contributed by atoms with E-state index in [1.54, 1.807) is 24.8 Å². The van der Waals surface area contributed by atoms with Crippen molar-refractivity contribution in [2.24, 2.45) is 0 Å². The molecule has 0 radical (unpaired) electrons. The summed E-state index contributed by atoms with van der Waals surface area (Å²) in [6, 6.07) is 6.66. The van der Waals surface area contributed by atoms with E-state index >= 15 is 0 Å². The summed E-state index contributed by atoms with van der Waals surface area (Å²) < 4.78 is 0. The van der Waals surface area contributed by atoms with Crippen molar-refractivity contribution < 1.29 is 5.11 Å². The minimum absolute atomic E-state index is 0.0261. The molecule has 0 saturated carbocycles. The molecule has 7 nitrogen and oxygen atoms in total. The second-order valence-corrected chi connectivity index (χ2v) is 6.91. The first kappa shape index (κ1) is 17.8. The second-order valence-electron chi connectivity index (χ2n) is 6.91. The van der Waals surface area contributed by atoms with Gasteiger partial charge in [0.15, 0.2) is 0 Å². The maximum Gasteiger partial charge on any atom is 0.225 e. The smallest absolute Gasteiger partial charge is 0.225 e. The molecule has 1 atom stereocenters. The van der Waals surface area contributed by atoms with Crippen LogP contribution >= 0.6 is 0 Å². The van der Waals surface area contributed by atoms with Crippen LogP contribution in [0.1, 0.15) is 30.5 Å². The molecule has 1 aliphatic rings. The van der Waals surface area contributed by atoms with Crippen LogP contribution in [0.25, 0.3) is 11.0 Å². The minimum Gasteiger partial charge on any atom is -0.392 e. The number of anilines is 1. The number of benzene rings is 1. The third-order valence-corrected chi connectivity index (χ3v) is 5.21. The van der Waals surface area contributed by atoms with Crippen molar-refractivity contribution >= 4 is 17.0 Å². The number of aromatic nitrogens is 4. The van der Waals surface area contributed by atoms with Crippen LogP contribution in [0, 0.1) is 0 Å². The number of rotatable bonds is 4. The third-order valence-electron chi connectivity index (χ3n) is 5.21. The van der Waals surface area contributed by atoms with Gasteiger partial charge in [0.1, 0.15) is 0 Å². The van der Waals surface area contributed by atoms with Gasteiger partial charge in [0, 0.05) is 62.6 Å². The number of fused-ring (bicyclic) bond motifs is 1. The zero-order valence-corrected chi connectivity index (χ0v) is 15.5. The lowest BCUT2D eigenvalue weighted by atomic mass is 10.1. The predicted octanol–water partition coefficient (Wildman–Crippen LogP) is 2.19. The van der Waals surface area contributed by atoms with Crippen molar-refractivity contribution in [3.8, 4) is 0 Å². The zero-order valence-electron chi connectivity index (χ0n) is 15.5. The van der Waals surface area contributed by atoms with Gasteiger partial charge in [-0.15, -0.1) is 0 Å². The largest absolute Gasteiger partial charge is 0.392 e. The fourth-order valence-electron chi connectivity index (χ4n) is 3.57. The summed E-state index contributed by atoms with van der Waals surface area (Å²) in [7, 11) is 0. The molecule has 0 amide bonds. The molecule has 2 aromatic heterocycles. The Bertz CT molecular complexity index is 900. The molecule has 3 heterocycles. The van der Waals surface area contributed by atoms with E-state index in [0.717, 1.165) is 55.1 Å². The van der Waals surface area contributed by atoms with Crippen molar-refractivity contribution in [1.29, 1.82) is 0 Å². The van der Waals surface area contributed by atoms with Gasteiger partial charge in [-0.25, -0.2) is 9.97 Å². The van der Waals surface area contributed by atoms with Gasteiger partial charge < -0.3 is 10.0 Å². The standard InChI is InChI=1S/C20H24N6O/c1-15(17-3-4-18-19(11-17)22-6-5-21-18)25-7-2-8-26(10-9-25)20-23-12-16(14-27)13-24-20/h3-6,11-13,15,27H,2,7-10,14H2,1H3. The van der Waals surface area contributed by atoms with Crippen molar-refractivity contribution in [3.63, 3.8) is 0 Å². The van der Waals surface area contributed by atoms with E-state index in [1.165, 1.54) is 5.56 Å². The molecule has 1 saturated heterocycles.